The van der Waals surface area contributed by atoms with Gasteiger partial charge >= 0.3 is 12.4 Å². The first kappa shape index (κ1) is 44.4. The van der Waals surface area contributed by atoms with Gasteiger partial charge in [-0.15, -0.1) is 0 Å². The number of nitrogens with one attached hydrogen (secondary N) is 3. The lowest BCUT2D eigenvalue weighted by molar-refractivity contribution is -0.138. The number of pyridine rings is 2. The second kappa shape index (κ2) is 20.7. The largest absolute Gasteiger partial charge is 0.438 e. The van der Waals surface area contributed by atoms with Crippen LogP contribution in [0, 0.1) is 0 Å². The van der Waals surface area contributed by atoms with Crippen LogP contribution >= 0.6 is 11.6 Å². The number of hydrogen-bond acceptors (Lipinski definition) is 9. The third-order valence-corrected chi connectivity index (χ3v) is 7.45. The van der Waals surface area contributed by atoms with Gasteiger partial charge in [0.1, 0.15) is 22.6 Å². The number of para-hydroxylation sites is 2. The van der Waals surface area contributed by atoms with Crippen LogP contribution in [0.5, 0.6) is 23.3 Å². The average Bonchev–Trinajstić information content (AvgIpc) is 3.23. The second-order valence-corrected chi connectivity index (χ2v) is 11.7. The van der Waals surface area contributed by atoms with E-state index < -0.39 is 46.4 Å². The minimum atomic E-state index is -4.58. The van der Waals surface area contributed by atoms with Crippen molar-refractivity contribution in [2.75, 3.05) is 0 Å². The van der Waals surface area contributed by atoms with E-state index in [0.717, 1.165) is 30.3 Å². The number of alkyl halides is 6. The minimum Gasteiger partial charge on any atom is -0.438 e. The van der Waals surface area contributed by atoms with E-state index in [2.05, 4.69) is 20.8 Å². The van der Waals surface area contributed by atoms with E-state index in [0.29, 0.717) is 23.1 Å². The number of ether oxygens (including phenoxy) is 2. The predicted octanol–water partition coefficient (Wildman–Crippen LogP) is 8.53. The third-order valence-electron chi connectivity index (χ3n) is 7.24. The highest BCUT2D eigenvalue weighted by molar-refractivity contribution is 6.67. The number of rotatable bonds is 8. The van der Waals surface area contributed by atoms with Crippen molar-refractivity contribution in [3.63, 3.8) is 0 Å². The molecule has 6 rings (SSSR count). The van der Waals surface area contributed by atoms with E-state index >= 15 is 0 Å². The summed E-state index contributed by atoms with van der Waals surface area (Å²) in [5.41, 5.74) is 4.33. The Balaban J connectivity index is 0.000000216. The van der Waals surface area contributed by atoms with Gasteiger partial charge in [0, 0.05) is 23.5 Å². The Kier molecular flexibility index (Phi) is 15.6. The summed E-state index contributed by atoms with van der Waals surface area (Å²) in [6.45, 7) is 0. The molecule has 5 N–H and O–H groups in total. The van der Waals surface area contributed by atoms with Crippen molar-refractivity contribution in [3.05, 3.63) is 179 Å². The molecule has 0 spiro atoms. The zero-order valence-corrected chi connectivity index (χ0v) is 30.7. The Labute approximate surface area is 335 Å². The fourth-order valence-corrected chi connectivity index (χ4v) is 4.59. The van der Waals surface area contributed by atoms with Crippen molar-refractivity contribution in [2.45, 2.75) is 12.4 Å². The van der Waals surface area contributed by atoms with E-state index in [1.165, 1.54) is 30.5 Å². The van der Waals surface area contributed by atoms with E-state index in [-0.39, 0.29) is 28.5 Å². The molecule has 2 heterocycles. The van der Waals surface area contributed by atoms with Crippen molar-refractivity contribution in [1.82, 2.24) is 26.2 Å². The van der Waals surface area contributed by atoms with Gasteiger partial charge in [-0.05, 0) is 90.5 Å². The van der Waals surface area contributed by atoms with Gasteiger partial charge < -0.3 is 9.47 Å². The van der Waals surface area contributed by atoms with Crippen LogP contribution in [0.3, 0.4) is 0 Å². The molecule has 0 atom stereocenters. The summed E-state index contributed by atoms with van der Waals surface area (Å²) in [4.78, 5) is 54.5. The summed E-state index contributed by atoms with van der Waals surface area (Å²) in [5, 5.41) is -0.897. The number of carbonyl (C=O) groups excluding carboxylic acids is 4. The Morgan fingerprint density at radius 3 is 1.39 bits per heavy atom. The molecular formula is C40H29ClF6N6O6. The van der Waals surface area contributed by atoms with Crippen LogP contribution in [0.2, 0.25) is 0 Å². The number of nitrogens with two attached hydrogens (primary N) is 1. The molecule has 0 aliphatic carbocycles. The van der Waals surface area contributed by atoms with Gasteiger partial charge in [0.05, 0.1) is 11.1 Å². The zero-order valence-electron chi connectivity index (χ0n) is 29.9. The Hall–Kier alpha value is -7.31. The average molecular weight is 839 g/mol. The lowest BCUT2D eigenvalue weighted by Gasteiger charge is -2.12. The molecule has 0 radical (unpaired) electrons. The molecule has 0 fully saturated rings. The van der Waals surface area contributed by atoms with Crippen LogP contribution in [0.25, 0.3) is 0 Å². The summed E-state index contributed by atoms with van der Waals surface area (Å²) in [5.74, 6) is 4.28. The molecule has 0 aliphatic heterocycles. The maximum absolute atomic E-state index is 12.8. The van der Waals surface area contributed by atoms with Crippen LogP contribution in [-0.2, 0) is 12.4 Å². The van der Waals surface area contributed by atoms with Crippen molar-refractivity contribution in [2.24, 2.45) is 5.84 Å². The number of amides is 3. The first-order valence-corrected chi connectivity index (χ1v) is 17.0. The molecule has 0 aliphatic rings. The molecule has 0 saturated carbocycles. The van der Waals surface area contributed by atoms with Gasteiger partial charge in [-0.1, -0.05) is 54.6 Å². The van der Waals surface area contributed by atoms with E-state index in [1.807, 2.05) is 23.6 Å². The normalized spacial score (nSPS) is 10.6. The van der Waals surface area contributed by atoms with Crippen molar-refractivity contribution >= 4 is 34.6 Å². The maximum atomic E-state index is 12.8. The smallest absolute Gasteiger partial charge is 0.416 e. The maximum Gasteiger partial charge on any atom is 0.416 e. The van der Waals surface area contributed by atoms with Gasteiger partial charge in [-0.25, -0.2) is 15.8 Å². The quantitative estimate of drug-likeness (QED) is 0.0385. The molecule has 4 aromatic carbocycles. The van der Waals surface area contributed by atoms with Crippen LogP contribution in [0.4, 0.5) is 26.3 Å². The number of carbonyl (C=O) groups is 4. The van der Waals surface area contributed by atoms with Gasteiger partial charge in [-0.3, -0.25) is 35.5 Å². The SMILES string of the molecule is NNC(=O)c1cccnc1Oc1ccccc1.O=C(Cl)c1cccc(C(F)(F)F)c1.O=C(NNC(=O)c1cccnc1Oc1ccccc1)c1cccc(C(F)(F)F)c1. The molecule has 59 heavy (non-hydrogen) atoms. The number of nitrogens with zero attached hydrogens (tertiary/aromatic N) is 2. The number of benzene rings is 4. The fraction of sp³-hybridized carbons (Fsp3) is 0.0500. The van der Waals surface area contributed by atoms with Gasteiger partial charge in [0.15, 0.2) is 0 Å². The molecule has 0 saturated heterocycles. The van der Waals surface area contributed by atoms with Crippen LogP contribution in [0.15, 0.2) is 146 Å². The number of aromatic nitrogens is 2. The molecular weight excluding hydrogens is 810 g/mol. The first-order chi connectivity index (χ1) is 28.1. The van der Waals surface area contributed by atoms with E-state index in [1.54, 1.807) is 60.8 Å². The Bertz CT molecular complexity index is 2370. The standard InChI is InChI=1S/C20H14F3N3O3.C12H11N3O2.C8H4ClF3O/c21-20(22,23)14-7-4-6-13(12-14)17(27)25-26-18(28)16-10-5-11-24-19(16)29-15-8-2-1-3-9-15;13-15-11(16)10-7-4-8-14-12(10)17-9-5-2-1-3-6-9;9-7(13)5-2-1-3-6(4-5)8(10,11)12/h1-12H,(H,25,27)(H,26,28);1-8H,13H2,(H,15,16);1-4H. The molecule has 304 valence electrons. The summed E-state index contributed by atoms with van der Waals surface area (Å²) < 4.78 is 85.6. The molecule has 6 aromatic rings. The number of halogens is 7. The van der Waals surface area contributed by atoms with Crippen LogP contribution in [-0.4, -0.2) is 32.9 Å². The third kappa shape index (κ3) is 13.7. The van der Waals surface area contributed by atoms with Gasteiger partial charge in [0.25, 0.3) is 23.0 Å². The van der Waals surface area contributed by atoms with E-state index in [9.17, 15) is 45.5 Å². The predicted molar refractivity (Wildman–Crippen MR) is 201 cm³/mol. The van der Waals surface area contributed by atoms with E-state index in [4.69, 9.17) is 26.9 Å². The summed E-state index contributed by atoms with van der Waals surface area (Å²) in [7, 11) is 0. The summed E-state index contributed by atoms with van der Waals surface area (Å²) in [6, 6.07) is 31.7. The Morgan fingerprint density at radius 2 is 0.949 bits per heavy atom. The fourth-order valence-electron chi connectivity index (χ4n) is 4.48. The topological polar surface area (TPSA) is 175 Å². The molecule has 0 bridgehead atoms. The number of nitrogen functional groups attached to an aromatic ring is 1. The summed E-state index contributed by atoms with van der Waals surface area (Å²) >= 11 is 5.02. The van der Waals surface area contributed by atoms with Gasteiger partial charge in [0.2, 0.25) is 11.8 Å². The lowest BCUT2D eigenvalue weighted by Crippen LogP contribution is -2.41. The van der Waals surface area contributed by atoms with Crippen LogP contribution < -0.4 is 31.6 Å². The summed E-state index contributed by atoms with van der Waals surface area (Å²) in [6.07, 6.45) is -6.05. The lowest BCUT2D eigenvalue weighted by atomic mass is 10.1. The molecule has 3 amide bonds. The van der Waals surface area contributed by atoms with Crippen molar-refractivity contribution in [3.8, 4) is 23.3 Å². The van der Waals surface area contributed by atoms with Crippen molar-refractivity contribution in [1.29, 1.82) is 0 Å². The highest BCUT2D eigenvalue weighted by Crippen LogP contribution is 2.31. The zero-order chi connectivity index (χ0) is 43.0. The molecule has 19 heteroatoms. The highest BCUT2D eigenvalue weighted by Gasteiger charge is 2.31. The molecule has 0 unspecified atom stereocenters. The highest BCUT2D eigenvalue weighted by atomic mass is 35.5. The monoisotopic (exact) mass is 838 g/mol. The Morgan fingerprint density at radius 1 is 0.525 bits per heavy atom. The first-order valence-electron chi connectivity index (χ1n) is 16.6. The molecule has 2 aromatic heterocycles. The van der Waals surface area contributed by atoms with Crippen LogP contribution in [0.1, 0.15) is 52.6 Å². The number of hydrazine groups is 2. The van der Waals surface area contributed by atoms with Crippen molar-refractivity contribution < 1.29 is 55.0 Å². The minimum absolute atomic E-state index is 0.00418. The van der Waals surface area contributed by atoms with Gasteiger partial charge in [-0.2, -0.15) is 26.3 Å². The molecule has 12 nitrogen and oxygen atoms in total. The second-order valence-electron chi connectivity index (χ2n) is 11.4. The number of hydrogen-bond donors (Lipinski definition) is 4.